The number of aromatic nitrogens is 2. The highest BCUT2D eigenvalue weighted by Gasteiger charge is 2.19. The van der Waals surface area contributed by atoms with Gasteiger partial charge in [0.1, 0.15) is 0 Å². The summed E-state index contributed by atoms with van der Waals surface area (Å²) in [5.41, 5.74) is 7.10. The minimum Gasteiger partial charge on any atom is -0.409 e. The number of aryl methyl sites for hydroxylation is 1. The fourth-order valence-corrected chi connectivity index (χ4v) is 2.14. The fraction of sp³-hybridized carbons (Fsp3) is 0.600. The third-order valence-corrected chi connectivity index (χ3v) is 3.00. The molecule has 0 bridgehead atoms. The van der Waals surface area contributed by atoms with E-state index in [2.05, 4.69) is 10.3 Å². The Labute approximate surface area is 88.6 Å². The number of hydrogen-bond donors (Lipinski definition) is 2. The van der Waals surface area contributed by atoms with Gasteiger partial charge < -0.3 is 10.9 Å². The van der Waals surface area contributed by atoms with Crippen molar-refractivity contribution < 1.29 is 5.21 Å². The van der Waals surface area contributed by atoms with Crippen LogP contribution in [-0.2, 0) is 0 Å². The van der Waals surface area contributed by atoms with Crippen molar-refractivity contribution in [2.75, 3.05) is 0 Å². The van der Waals surface area contributed by atoms with Crippen molar-refractivity contribution in [1.82, 2.24) is 9.78 Å². The minimum absolute atomic E-state index is 0.136. The maximum absolute atomic E-state index is 8.61. The molecule has 0 aliphatic heterocycles. The first-order valence-corrected chi connectivity index (χ1v) is 5.26. The molecule has 15 heavy (non-hydrogen) atoms. The Morgan fingerprint density at radius 3 is 2.87 bits per heavy atom. The van der Waals surface area contributed by atoms with E-state index in [0.29, 0.717) is 6.04 Å². The number of nitrogens with zero attached hydrogens (tertiary/aromatic N) is 3. The molecule has 0 atom stereocenters. The van der Waals surface area contributed by atoms with Crippen molar-refractivity contribution in [2.45, 2.75) is 38.6 Å². The van der Waals surface area contributed by atoms with Gasteiger partial charge in [0.2, 0.25) is 0 Å². The molecule has 1 aliphatic carbocycles. The summed E-state index contributed by atoms with van der Waals surface area (Å²) >= 11 is 0. The minimum atomic E-state index is 0.136. The van der Waals surface area contributed by atoms with Crippen LogP contribution in [0.25, 0.3) is 0 Å². The van der Waals surface area contributed by atoms with Gasteiger partial charge in [-0.1, -0.05) is 18.0 Å². The van der Waals surface area contributed by atoms with Gasteiger partial charge in [0.25, 0.3) is 0 Å². The van der Waals surface area contributed by atoms with Crippen LogP contribution in [0.2, 0.25) is 0 Å². The van der Waals surface area contributed by atoms with E-state index >= 15 is 0 Å². The quantitative estimate of drug-likeness (QED) is 0.334. The van der Waals surface area contributed by atoms with Crippen LogP contribution in [0.5, 0.6) is 0 Å². The lowest BCUT2D eigenvalue weighted by molar-refractivity contribution is 0.318. The van der Waals surface area contributed by atoms with E-state index in [1.54, 1.807) is 0 Å². The molecule has 0 amide bonds. The zero-order chi connectivity index (χ0) is 10.8. The molecule has 2 rings (SSSR count). The van der Waals surface area contributed by atoms with Crippen LogP contribution in [0.1, 0.15) is 43.0 Å². The van der Waals surface area contributed by atoms with Gasteiger partial charge in [-0.25, -0.2) is 0 Å². The second kappa shape index (κ2) is 3.92. The molecule has 5 nitrogen and oxygen atoms in total. The van der Waals surface area contributed by atoms with Gasteiger partial charge in [0.15, 0.2) is 5.84 Å². The SMILES string of the molecule is Cc1nn(C2CCCC2)cc1/C(N)=N\O. The van der Waals surface area contributed by atoms with E-state index in [4.69, 9.17) is 10.9 Å². The second-order valence-corrected chi connectivity index (χ2v) is 4.03. The van der Waals surface area contributed by atoms with Crippen LogP contribution in [0.4, 0.5) is 0 Å². The van der Waals surface area contributed by atoms with Crippen molar-refractivity contribution in [3.8, 4) is 0 Å². The molecule has 0 spiro atoms. The molecule has 0 radical (unpaired) electrons. The van der Waals surface area contributed by atoms with Gasteiger partial charge in [-0.2, -0.15) is 5.10 Å². The van der Waals surface area contributed by atoms with E-state index < -0.39 is 0 Å². The smallest absolute Gasteiger partial charge is 0.173 e. The first kappa shape index (κ1) is 10.0. The fourth-order valence-electron chi connectivity index (χ4n) is 2.14. The van der Waals surface area contributed by atoms with E-state index in [1.165, 1.54) is 25.7 Å². The summed E-state index contributed by atoms with van der Waals surface area (Å²) in [5.74, 6) is 0.136. The van der Waals surface area contributed by atoms with Crippen molar-refractivity contribution in [2.24, 2.45) is 10.9 Å². The Morgan fingerprint density at radius 2 is 2.27 bits per heavy atom. The Balaban J connectivity index is 2.28. The van der Waals surface area contributed by atoms with Crippen molar-refractivity contribution in [3.63, 3.8) is 0 Å². The van der Waals surface area contributed by atoms with Gasteiger partial charge in [-0.3, -0.25) is 4.68 Å². The Bertz CT molecular complexity index is 377. The van der Waals surface area contributed by atoms with Gasteiger partial charge in [0.05, 0.1) is 17.3 Å². The zero-order valence-corrected chi connectivity index (χ0v) is 8.85. The monoisotopic (exact) mass is 208 g/mol. The third-order valence-electron chi connectivity index (χ3n) is 3.00. The van der Waals surface area contributed by atoms with Crippen molar-refractivity contribution in [3.05, 3.63) is 17.5 Å². The summed E-state index contributed by atoms with van der Waals surface area (Å²) < 4.78 is 1.95. The molecule has 3 N–H and O–H groups in total. The lowest BCUT2D eigenvalue weighted by Crippen LogP contribution is -2.13. The summed E-state index contributed by atoms with van der Waals surface area (Å²) in [6.07, 6.45) is 6.76. The summed E-state index contributed by atoms with van der Waals surface area (Å²) in [5, 5.41) is 16.0. The average molecular weight is 208 g/mol. The van der Waals surface area contributed by atoms with Crippen LogP contribution in [0.3, 0.4) is 0 Å². The highest BCUT2D eigenvalue weighted by Crippen LogP contribution is 2.29. The lowest BCUT2D eigenvalue weighted by atomic mass is 10.2. The zero-order valence-electron chi connectivity index (χ0n) is 8.85. The van der Waals surface area contributed by atoms with Crippen LogP contribution in [0, 0.1) is 6.92 Å². The molecule has 0 saturated heterocycles. The van der Waals surface area contributed by atoms with Crippen molar-refractivity contribution >= 4 is 5.84 Å². The number of nitrogens with two attached hydrogens (primary N) is 1. The summed E-state index contributed by atoms with van der Waals surface area (Å²) in [7, 11) is 0. The van der Waals surface area contributed by atoms with Gasteiger partial charge >= 0.3 is 0 Å². The summed E-state index contributed by atoms with van der Waals surface area (Å²) in [6, 6.07) is 0.490. The van der Waals surface area contributed by atoms with Gasteiger partial charge in [-0.15, -0.1) is 0 Å². The van der Waals surface area contributed by atoms with E-state index in [9.17, 15) is 0 Å². The van der Waals surface area contributed by atoms with Crippen LogP contribution < -0.4 is 5.73 Å². The standard InChI is InChI=1S/C10H16N4O/c1-7-9(10(11)13-15)6-14(12-7)8-4-2-3-5-8/h6,8,15H,2-5H2,1H3,(H2,11,13). The molecule has 1 fully saturated rings. The van der Waals surface area contributed by atoms with Crippen LogP contribution in [-0.4, -0.2) is 20.8 Å². The molecule has 1 aromatic heterocycles. The first-order chi connectivity index (χ1) is 7.22. The number of hydrogen-bond acceptors (Lipinski definition) is 3. The predicted octanol–water partition coefficient (Wildman–Crippen LogP) is 1.40. The van der Waals surface area contributed by atoms with E-state index in [0.717, 1.165) is 11.3 Å². The Hall–Kier alpha value is -1.52. The predicted molar refractivity (Wildman–Crippen MR) is 57.0 cm³/mol. The molecule has 1 saturated carbocycles. The van der Waals surface area contributed by atoms with E-state index in [-0.39, 0.29) is 5.84 Å². The molecular weight excluding hydrogens is 192 g/mol. The Morgan fingerprint density at radius 1 is 1.60 bits per heavy atom. The molecule has 82 valence electrons. The molecule has 5 heteroatoms. The van der Waals surface area contributed by atoms with Crippen LogP contribution in [0.15, 0.2) is 11.4 Å². The molecule has 1 heterocycles. The van der Waals surface area contributed by atoms with Gasteiger partial charge in [-0.05, 0) is 19.8 Å². The third kappa shape index (κ3) is 1.82. The van der Waals surface area contributed by atoms with Crippen LogP contribution >= 0.6 is 0 Å². The number of rotatable bonds is 2. The average Bonchev–Trinajstić information content (AvgIpc) is 2.84. The summed E-state index contributed by atoms with van der Waals surface area (Å²) in [4.78, 5) is 0. The van der Waals surface area contributed by atoms with Gasteiger partial charge in [0, 0.05) is 6.20 Å². The first-order valence-electron chi connectivity index (χ1n) is 5.26. The molecule has 0 aromatic carbocycles. The maximum Gasteiger partial charge on any atom is 0.173 e. The van der Waals surface area contributed by atoms with E-state index in [1.807, 2.05) is 17.8 Å². The lowest BCUT2D eigenvalue weighted by Gasteiger charge is -2.08. The molecule has 0 unspecified atom stereocenters. The highest BCUT2D eigenvalue weighted by molar-refractivity contribution is 5.97. The normalized spacial score (nSPS) is 18.6. The maximum atomic E-state index is 8.61. The summed E-state index contributed by atoms with van der Waals surface area (Å²) in [6.45, 7) is 1.87. The molecule has 1 aliphatic rings. The second-order valence-electron chi connectivity index (χ2n) is 4.03. The number of oxime groups is 1. The molecule has 1 aromatic rings. The molecular formula is C10H16N4O. The topological polar surface area (TPSA) is 76.4 Å². The largest absolute Gasteiger partial charge is 0.409 e. The number of amidine groups is 1. The Kier molecular flexibility index (Phi) is 2.62. The highest BCUT2D eigenvalue weighted by atomic mass is 16.4. The van der Waals surface area contributed by atoms with Crippen molar-refractivity contribution in [1.29, 1.82) is 0 Å².